The van der Waals surface area contributed by atoms with Gasteiger partial charge in [0.15, 0.2) is 5.11 Å². The van der Waals surface area contributed by atoms with Gasteiger partial charge in [-0.2, -0.15) is 0 Å². The first kappa shape index (κ1) is 18.4. The van der Waals surface area contributed by atoms with E-state index in [1.54, 1.807) is 0 Å². The molecule has 0 heterocycles. The van der Waals surface area contributed by atoms with E-state index in [9.17, 15) is 0 Å². The molecule has 0 radical (unpaired) electrons. The molecular formula is C22H21ClN2S. The molecule has 3 aromatic carbocycles. The molecule has 0 aliphatic carbocycles. The van der Waals surface area contributed by atoms with Crippen LogP contribution in [-0.2, 0) is 13.0 Å². The summed E-state index contributed by atoms with van der Waals surface area (Å²) < 4.78 is 0. The first-order valence-corrected chi connectivity index (χ1v) is 9.39. The minimum atomic E-state index is 0.715. The highest BCUT2D eigenvalue weighted by Crippen LogP contribution is 2.15. The number of rotatable bonds is 6. The molecule has 0 amide bonds. The Morgan fingerprint density at radius 3 is 2.00 bits per heavy atom. The van der Waals surface area contributed by atoms with E-state index in [4.69, 9.17) is 23.8 Å². The van der Waals surface area contributed by atoms with Gasteiger partial charge in [0.1, 0.15) is 0 Å². The predicted octanol–water partition coefficient (Wildman–Crippen LogP) is 5.78. The van der Waals surface area contributed by atoms with Crippen molar-refractivity contribution in [2.45, 2.75) is 13.0 Å². The number of halogens is 1. The Hall–Kier alpha value is -2.36. The Kier molecular flexibility index (Phi) is 6.64. The van der Waals surface area contributed by atoms with E-state index in [0.29, 0.717) is 10.1 Å². The van der Waals surface area contributed by atoms with Gasteiger partial charge in [0.2, 0.25) is 0 Å². The molecule has 0 spiro atoms. The van der Waals surface area contributed by atoms with E-state index in [1.165, 1.54) is 11.1 Å². The van der Waals surface area contributed by atoms with Crippen LogP contribution in [0.3, 0.4) is 0 Å². The van der Waals surface area contributed by atoms with Gasteiger partial charge in [-0.05, 0) is 54.0 Å². The molecule has 132 valence electrons. The van der Waals surface area contributed by atoms with Crippen molar-refractivity contribution in [1.82, 2.24) is 4.90 Å². The Bertz CT molecular complexity index is 820. The number of hydrogen-bond acceptors (Lipinski definition) is 1. The van der Waals surface area contributed by atoms with Crippen molar-refractivity contribution in [3.63, 3.8) is 0 Å². The number of thiocarbonyl (C=S) groups is 1. The fraction of sp³-hybridized carbons (Fsp3) is 0.136. The van der Waals surface area contributed by atoms with Crippen molar-refractivity contribution in [1.29, 1.82) is 0 Å². The molecule has 0 bridgehead atoms. The summed E-state index contributed by atoms with van der Waals surface area (Å²) in [6.07, 6.45) is 0.941. The van der Waals surface area contributed by atoms with Gasteiger partial charge in [-0.15, -0.1) is 0 Å². The van der Waals surface area contributed by atoms with E-state index in [2.05, 4.69) is 58.7 Å². The van der Waals surface area contributed by atoms with Crippen LogP contribution in [0, 0.1) is 0 Å². The van der Waals surface area contributed by atoms with Crippen molar-refractivity contribution < 1.29 is 0 Å². The van der Waals surface area contributed by atoms with Crippen LogP contribution in [0.25, 0.3) is 0 Å². The van der Waals surface area contributed by atoms with Gasteiger partial charge in [0, 0.05) is 23.8 Å². The fourth-order valence-electron chi connectivity index (χ4n) is 2.70. The van der Waals surface area contributed by atoms with Crippen LogP contribution in [0.1, 0.15) is 11.1 Å². The molecular weight excluding hydrogens is 360 g/mol. The third-order valence-electron chi connectivity index (χ3n) is 4.11. The maximum Gasteiger partial charge on any atom is 0.173 e. The lowest BCUT2D eigenvalue weighted by Gasteiger charge is -2.26. The quantitative estimate of drug-likeness (QED) is 0.545. The highest BCUT2D eigenvalue weighted by atomic mass is 35.5. The monoisotopic (exact) mass is 380 g/mol. The summed E-state index contributed by atoms with van der Waals surface area (Å²) in [6, 6.07) is 28.5. The molecule has 3 rings (SSSR count). The van der Waals surface area contributed by atoms with Gasteiger partial charge in [0.05, 0.1) is 0 Å². The van der Waals surface area contributed by atoms with Crippen molar-refractivity contribution in [3.8, 4) is 0 Å². The molecule has 2 nitrogen and oxygen atoms in total. The Morgan fingerprint density at radius 1 is 0.808 bits per heavy atom. The molecule has 0 unspecified atom stereocenters. The van der Waals surface area contributed by atoms with Crippen LogP contribution in [-0.4, -0.2) is 16.6 Å². The third kappa shape index (κ3) is 5.58. The smallest absolute Gasteiger partial charge is 0.173 e. The van der Waals surface area contributed by atoms with E-state index in [-0.39, 0.29) is 0 Å². The fourth-order valence-corrected chi connectivity index (χ4v) is 3.10. The second-order valence-electron chi connectivity index (χ2n) is 6.08. The standard InChI is InChI=1S/C22H21ClN2S/c23-20-11-13-21(14-12-20)24-22(26)25(17-19-9-5-2-6-10-19)16-15-18-7-3-1-4-8-18/h1-14H,15-17H2,(H,24,26). The summed E-state index contributed by atoms with van der Waals surface area (Å²) in [5.74, 6) is 0. The van der Waals surface area contributed by atoms with Crippen LogP contribution in [0.4, 0.5) is 5.69 Å². The molecule has 0 aliphatic heterocycles. The Balaban J connectivity index is 1.70. The minimum absolute atomic E-state index is 0.715. The van der Waals surface area contributed by atoms with Crippen molar-refractivity contribution in [2.75, 3.05) is 11.9 Å². The van der Waals surface area contributed by atoms with Gasteiger partial charge < -0.3 is 10.2 Å². The zero-order valence-electron chi connectivity index (χ0n) is 14.4. The third-order valence-corrected chi connectivity index (χ3v) is 4.72. The normalized spacial score (nSPS) is 10.3. The molecule has 26 heavy (non-hydrogen) atoms. The number of nitrogens with zero attached hydrogens (tertiary/aromatic N) is 1. The number of benzene rings is 3. The van der Waals surface area contributed by atoms with Gasteiger partial charge in [0.25, 0.3) is 0 Å². The van der Waals surface area contributed by atoms with Gasteiger partial charge in [-0.25, -0.2) is 0 Å². The molecule has 4 heteroatoms. The first-order chi connectivity index (χ1) is 12.7. The van der Waals surface area contributed by atoms with Gasteiger partial charge in [-0.1, -0.05) is 72.3 Å². The molecule has 0 fully saturated rings. The van der Waals surface area contributed by atoms with Crippen molar-refractivity contribution in [2.24, 2.45) is 0 Å². The molecule has 1 N–H and O–H groups in total. The predicted molar refractivity (Wildman–Crippen MR) is 115 cm³/mol. The summed E-state index contributed by atoms with van der Waals surface area (Å²) in [4.78, 5) is 2.20. The second kappa shape index (κ2) is 9.37. The molecule has 3 aromatic rings. The topological polar surface area (TPSA) is 15.3 Å². The zero-order valence-corrected chi connectivity index (χ0v) is 16.0. The Morgan fingerprint density at radius 2 is 1.38 bits per heavy atom. The average molecular weight is 381 g/mol. The maximum absolute atomic E-state index is 5.96. The summed E-state index contributed by atoms with van der Waals surface area (Å²) in [6.45, 7) is 1.62. The highest BCUT2D eigenvalue weighted by Gasteiger charge is 2.11. The molecule has 0 saturated carbocycles. The lowest BCUT2D eigenvalue weighted by molar-refractivity contribution is 0.423. The molecule has 0 aliphatic rings. The van der Waals surface area contributed by atoms with Gasteiger partial charge >= 0.3 is 0 Å². The van der Waals surface area contributed by atoms with Crippen LogP contribution in [0.15, 0.2) is 84.9 Å². The highest BCUT2D eigenvalue weighted by molar-refractivity contribution is 7.80. The second-order valence-corrected chi connectivity index (χ2v) is 6.90. The largest absolute Gasteiger partial charge is 0.344 e. The van der Waals surface area contributed by atoms with E-state index in [1.807, 2.05) is 36.4 Å². The van der Waals surface area contributed by atoms with E-state index >= 15 is 0 Å². The average Bonchev–Trinajstić information content (AvgIpc) is 2.68. The van der Waals surface area contributed by atoms with Crippen LogP contribution < -0.4 is 5.32 Å². The summed E-state index contributed by atoms with van der Waals surface area (Å²) in [7, 11) is 0. The van der Waals surface area contributed by atoms with Crippen molar-refractivity contribution in [3.05, 3.63) is 101 Å². The van der Waals surface area contributed by atoms with Crippen LogP contribution >= 0.6 is 23.8 Å². The first-order valence-electron chi connectivity index (χ1n) is 8.60. The summed E-state index contributed by atoms with van der Waals surface area (Å²) in [5.41, 5.74) is 3.48. The van der Waals surface area contributed by atoms with E-state index in [0.717, 1.165) is 25.2 Å². The summed E-state index contributed by atoms with van der Waals surface area (Å²) >= 11 is 11.7. The van der Waals surface area contributed by atoms with Crippen LogP contribution in [0.2, 0.25) is 5.02 Å². The Labute approximate surface area is 165 Å². The zero-order chi connectivity index (χ0) is 18.2. The molecule has 0 atom stereocenters. The lowest BCUT2D eigenvalue weighted by atomic mass is 10.1. The van der Waals surface area contributed by atoms with E-state index < -0.39 is 0 Å². The van der Waals surface area contributed by atoms with Gasteiger partial charge in [-0.3, -0.25) is 0 Å². The van der Waals surface area contributed by atoms with Crippen molar-refractivity contribution >= 4 is 34.6 Å². The number of anilines is 1. The molecule has 0 aromatic heterocycles. The number of hydrogen-bond donors (Lipinski definition) is 1. The summed E-state index contributed by atoms with van der Waals surface area (Å²) in [5, 5.41) is 4.75. The SMILES string of the molecule is S=C(Nc1ccc(Cl)cc1)N(CCc1ccccc1)Cc1ccccc1. The van der Waals surface area contributed by atoms with Crippen LogP contribution in [0.5, 0.6) is 0 Å². The minimum Gasteiger partial charge on any atom is -0.344 e. The number of nitrogens with one attached hydrogen (secondary N) is 1. The lowest BCUT2D eigenvalue weighted by Crippen LogP contribution is -2.35. The maximum atomic E-state index is 5.96. The molecule has 0 saturated heterocycles.